The Kier molecular flexibility index (Phi) is 5.42. The number of nitrogens with zero attached hydrogens (tertiary/aromatic N) is 1. The molecule has 0 saturated carbocycles. The summed E-state index contributed by atoms with van der Waals surface area (Å²) in [7, 11) is 0. The first-order chi connectivity index (χ1) is 13.6. The third-order valence-corrected chi connectivity index (χ3v) is 4.99. The van der Waals surface area contributed by atoms with E-state index in [1.165, 1.54) is 0 Å². The molecule has 4 rings (SSSR count). The van der Waals surface area contributed by atoms with Crippen LogP contribution in [0.4, 0.5) is 0 Å². The fourth-order valence-corrected chi connectivity index (χ4v) is 3.28. The van der Waals surface area contributed by atoms with Crippen molar-refractivity contribution in [2.24, 2.45) is 0 Å². The van der Waals surface area contributed by atoms with Gasteiger partial charge < -0.3 is 14.2 Å². The fraction of sp³-hybridized carbons (Fsp3) is 0.292. The van der Waals surface area contributed by atoms with Gasteiger partial charge in [0.2, 0.25) is 0 Å². The van der Waals surface area contributed by atoms with Crippen molar-refractivity contribution in [1.82, 2.24) is 4.98 Å². The van der Waals surface area contributed by atoms with Crippen molar-refractivity contribution in [2.75, 3.05) is 13.2 Å². The summed E-state index contributed by atoms with van der Waals surface area (Å²) in [4.78, 5) is 4.37. The number of hydrogen-bond acceptors (Lipinski definition) is 4. The fourth-order valence-electron chi connectivity index (χ4n) is 3.28. The normalized spacial score (nSPS) is 14.5. The number of pyridine rings is 1. The minimum Gasteiger partial charge on any atom is -0.485 e. The summed E-state index contributed by atoms with van der Waals surface area (Å²) in [6, 6.07) is 20.4. The SMILES string of the molecule is CC(C)(OCc1ccccc1)c1cnccc1-c1ccccc1OC1COC1. The maximum atomic E-state index is 6.32. The van der Waals surface area contributed by atoms with E-state index in [4.69, 9.17) is 14.2 Å². The minimum atomic E-state index is -0.508. The van der Waals surface area contributed by atoms with Crippen LogP contribution in [-0.2, 0) is 21.7 Å². The quantitative estimate of drug-likeness (QED) is 0.584. The molecule has 1 aliphatic rings. The molecule has 0 unspecified atom stereocenters. The average molecular weight is 375 g/mol. The molecule has 1 aliphatic heterocycles. The second kappa shape index (κ2) is 8.13. The van der Waals surface area contributed by atoms with Crippen molar-refractivity contribution < 1.29 is 14.2 Å². The van der Waals surface area contributed by atoms with Gasteiger partial charge in [-0.2, -0.15) is 0 Å². The van der Waals surface area contributed by atoms with Crippen molar-refractivity contribution in [3.05, 3.63) is 84.2 Å². The molecule has 0 atom stereocenters. The molecule has 1 fully saturated rings. The van der Waals surface area contributed by atoms with Gasteiger partial charge >= 0.3 is 0 Å². The molecule has 1 saturated heterocycles. The van der Waals surface area contributed by atoms with Crippen LogP contribution in [0, 0.1) is 0 Å². The van der Waals surface area contributed by atoms with Gasteiger partial charge in [0.25, 0.3) is 0 Å². The lowest BCUT2D eigenvalue weighted by molar-refractivity contribution is -0.0794. The summed E-state index contributed by atoms with van der Waals surface area (Å²) < 4.78 is 17.7. The summed E-state index contributed by atoms with van der Waals surface area (Å²) in [5, 5.41) is 0. The highest BCUT2D eigenvalue weighted by Gasteiger charge is 2.27. The van der Waals surface area contributed by atoms with Crippen molar-refractivity contribution in [2.45, 2.75) is 32.2 Å². The maximum absolute atomic E-state index is 6.32. The molecule has 0 spiro atoms. The van der Waals surface area contributed by atoms with Gasteiger partial charge in [-0.05, 0) is 37.1 Å². The Labute approximate surface area is 166 Å². The van der Waals surface area contributed by atoms with Crippen LogP contribution in [0.25, 0.3) is 11.1 Å². The summed E-state index contributed by atoms with van der Waals surface area (Å²) in [5.41, 5.74) is 3.79. The van der Waals surface area contributed by atoms with Crippen molar-refractivity contribution >= 4 is 0 Å². The van der Waals surface area contributed by atoms with E-state index < -0.39 is 5.60 Å². The van der Waals surface area contributed by atoms with Gasteiger partial charge in [0.1, 0.15) is 11.9 Å². The zero-order valence-electron chi connectivity index (χ0n) is 16.3. The van der Waals surface area contributed by atoms with Crippen LogP contribution in [0.1, 0.15) is 25.0 Å². The van der Waals surface area contributed by atoms with Gasteiger partial charge in [0.15, 0.2) is 0 Å². The molecule has 28 heavy (non-hydrogen) atoms. The predicted octanol–water partition coefficient (Wildman–Crippen LogP) is 4.98. The van der Waals surface area contributed by atoms with Gasteiger partial charge in [-0.15, -0.1) is 0 Å². The molecule has 4 nitrogen and oxygen atoms in total. The standard InChI is InChI=1S/C24H25NO3/c1-24(2,27-15-18-8-4-3-5-9-18)22-14-25-13-12-20(22)21-10-6-7-11-23(21)28-19-16-26-17-19/h3-14,19H,15-17H2,1-2H3. The average Bonchev–Trinajstić information content (AvgIpc) is 2.70. The van der Waals surface area contributed by atoms with E-state index in [9.17, 15) is 0 Å². The van der Waals surface area contributed by atoms with Crippen molar-refractivity contribution in [3.8, 4) is 16.9 Å². The lowest BCUT2D eigenvalue weighted by Gasteiger charge is -2.30. The molecule has 0 bridgehead atoms. The Morgan fingerprint density at radius 2 is 1.71 bits per heavy atom. The van der Waals surface area contributed by atoms with E-state index in [1.807, 2.05) is 54.9 Å². The van der Waals surface area contributed by atoms with Gasteiger partial charge in [-0.1, -0.05) is 48.5 Å². The van der Waals surface area contributed by atoms with Crippen molar-refractivity contribution in [3.63, 3.8) is 0 Å². The van der Waals surface area contributed by atoms with Gasteiger partial charge in [0, 0.05) is 23.5 Å². The maximum Gasteiger partial charge on any atom is 0.145 e. The van der Waals surface area contributed by atoms with E-state index in [-0.39, 0.29) is 6.10 Å². The molecule has 144 valence electrons. The highest BCUT2D eigenvalue weighted by molar-refractivity contribution is 5.73. The largest absolute Gasteiger partial charge is 0.485 e. The molecular formula is C24H25NO3. The van der Waals surface area contributed by atoms with Crippen molar-refractivity contribution in [1.29, 1.82) is 0 Å². The Balaban J connectivity index is 1.63. The molecule has 0 radical (unpaired) electrons. The van der Waals surface area contributed by atoms with E-state index in [1.54, 1.807) is 0 Å². The highest BCUT2D eigenvalue weighted by atomic mass is 16.6. The lowest BCUT2D eigenvalue weighted by Crippen LogP contribution is -2.38. The second-order valence-electron chi connectivity index (χ2n) is 7.48. The van der Waals surface area contributed by atoms with Gasteiger partial charge in [-0.25, -0.2) is 0 Å². The van der Waals surface area contributed by atoms with Crippen LogP contribution < -0.4 is 4.74 Å². The lowest BCUT2D eigenvalue weighted by atomic mass is 9.90. The zero-order chi connectivity index (χ0) is 19.4. The first-order valence-electron chi connectivity index (χ1n) is 9.60. The van der Waals surface area contributed by atoms with Gasteiger partial charge in [-0.3, -0.25) is 4.98 Å². The molecule has 0 amide bonds. The zero-order valence-corrected chi connectivity index (χ0v) is 16.3. The molecule has 0 aliphatic carbocycles. The van der Waals surface area contributed by atoms with Crippen LogP contribution in [0.5, 0.6) is 5.75 Å². The van der Waals surface area contributed by atoms with Crippen LogP contribution in [0.2, 0.25) is 0 Å². The molecule has 3 aromatic rings. The predicted molar refractivity (Wildman–Crippen MR) is 109 cm³/mol. The van der Waals surface area contributed by atoms with Crippen LogP contribution in [0.15, 0.2) is 73.1 Å². The molecule has 2 aromatic carbocycles. The first-order valence-corrected chi connectivity index (χ1v) is 9.60. The second-order valence-corrected chi connectivity index (χ2v) is 7.48. The molecule has 4 heteroatoms. The highest BCUT2D eigenvalue weighted by Crippen LogP contribution is 2.38. The number of ether oxygens (including phenoxy) is 3. The Hall–Kier alpha value is -2.69. The molecule has 1 aromatic heterocycles. The molecule has 0 N–H and O–H groups in total. The number of para-hydroxylation sites is 1. The number of aromatic nitrogens is 1. The summed E-state index contributed by atoms with van der Waals surface area (Å²) in [6.45, 7) is 5.99. The van der Waals surface area contributed by atoms with Gasteiger partial charge in [0.05, 0.1) is 25.4 Å². The van der Waals surface area contributed by atoms with E-state index in [2.05, 4.69) is 37.0 Å². The molecular weight excluding hydrogens is 350 g/mol. The van der Waals surface area contributed by atoms with E-state index >= 15 is 0 Å². The number of rotatable bonds is 7. The Morgan fingerprint density at radius 1 is 0.964 bits per heavy atom. The summed E-state index contributed by atoms with van der Waals surface area (Å²) >= 11 is 0. The summed E-state index contributed by atoms with van der Waals surface area (Å²) in [6.07, 6.45) is 3.83. The number of hydrogen-bond donors (Lipinski definition) is 0. The minimum absolute atomic E-state index is 0.119. The van der Waals surface area contributed by atoms with Crippen LogP contribution in [0.3, 0.4) is 0 Å². The Bertz CT molecular complexity index is 920. The third kappa shape index (κ3) is 4.08. The third-order valence-electron chi connectivity index (χ3n) is 4.99. The topological polar surface area (TPSA) is 40.6 Å². The number of benzene rings is 2. The van der Waals surface area contributed by atoms with E-state index in [0.717, 1.165) is 28.0 Å². The van der Waals surface area contributed by atoms with E-state index in [0.29, 0.717) is 19.8 Å². The van der Waals surface area contributed by atoms with Crippen LogP contribution >= 0.6 is 0 Å². The first kappa shape index (κ1) is 18.7. The van der Waals surface area contributed by atoms with Crippen LogP contribution in [-0.4, -0.2) is 24.3 Å². The smallest absolute Gasteiger partial charge is 0.145 e. The molecule has 2 heterocycles. The monoisotopic (exact) mass is 375 g/mol. The Morgan fingerprint density at radius 3 is 2.46 bits per heavy atom. The summed E-state index contributed by atoms with van der Waals surface area (Å²) in [5.74, 6) is 0.863.